The minimum absolute atomic E-state index is 0.258. The summed E-state index contributed by atoms with van der Waals surface area (Å²) in [6, 6.07) is 14.5. The fraction of sp³-hybridized carbons (Fsp3) is 0. The molecule has 2 aromatic rings. The highest BCUT2D eigenvalue weighted by Gasteiger charge is 2.03. The fourth-order valence-electron chi connectivity index (χ4n) is 1.29. The molecule has 0 aliphatic heterocycles. The molecular weight excluding hydrogens is 199 g/mol. The second-order valence-electron chi connectivity index (χ2n) is 2.92. The maximum Gasteiger partial charge on any atom is 0.131 e. The van der Waals surface area contributed by atoms with Crippen LogP contribution in [0.25, 0.3) is 11.1 Å². The molecule has 0 aromatic heterocycles. The highest BCUT2D eigenvalue weighted by Crippen LogP contribution is 2.24. The zero-order valence-corrected chi connectivity index (χ0v) is 8.05. The molecule has 69 valence electrons. The van der Waals surface area contributed by atoms with Crippen molar-refractivity contribution >= 4 is 11.6 Å². The van der Waals surface area contributed by atoms with Gasteiger partial charge in [-0.3, -0.25) is 0 Å². The molecule has 2 rings (SSSR count). The SMILES string of the molecule is Fc1cc[c]cc1-c1cccc(Cl)c1. The van der Waals surface area contributed by atoms with Crippen LogP contribution in [0.2, 0.25) is 5.02 Å². The largest absolute Gasteiger partial charge is 0.206 e. The third-order valence-corrected chi connectivity index (χ3v) is 2.18. The lowest BCUT2D eigenvalue weighted by Gasteiger charge is -2.02. The Labute approximate surface area is 87.0 Å². The number of hydrogen-bond donors (Lipinski definition) is 0. The molecule has 0 atom stereocenters. The van der Waals surface area contributed by atoms with Crippen LogP contribution in [0, 0.1) is 11.9 Å². The van der Waals surface area contributed by atoms with Crippen LogP contribution in [0.15, 0.2) is 42.5 Å². The average molecular weight is 206 g/mol. The molecule has 1 radical (unpaired) electrons. The van der Waals surface area contributed by atoms with Crippen molar-refractivity contribution in [3.8, 4) is 11.1 Å². The van der Waals surface area contributed by atoms with Crippen molar-refractivity contribution in [1.82, 2.24) is 0 Å². The Morgan fingerprint density at radius 1 is 1.21 bits per heavy atom. The van der Waals surface area contributed by atoms with E-state index in [0.717, 1.165) is 5.56 Å². The van der Waals surface area contributed by atoms with Gasteiger partial charge in [-0.05, 0) is 35.9 Å². The zero-order chi connectivity index (χ0) is 9.97. The fourth-order valence-corrected chi connectivity index (χ4v) is 1.48. The molecule has 0 aliphatic carbocycles. The number of halogens is 2. The maximum absolute atomic E-state index is 13.3. The van der Waals surface area contributed by atoms with E-state index in [1.807, 2.05) is 6.07 Å². The van der Waals surface area contributed by atoms with Gasteiger partial charge in [-0.2, -0.15) is 0 Å². The van der Waals surface area contributed by atoms with Gasteiger partial charge in [0.1, 0.15) is 5.82 Å². The Bertz CT molecular complexity index is 452. The van der Waals surface area contributed by atoms with Gasteiger partial charge in [-0.15, -0.1) is 0 Å². The summed E-state index contributed by atoms with van der Waals surface area (Å²) < 4.78 is 13.3. The molecule has 2 aromatic carbocycles. The van der Waals surface area contributed by atoms with Crippen LogP contribution < -0.4 is 0 Å². The van der Waals surface area contributed by atoms with E-state index in [2.05, 4.69) is 6.07 Å². The minimum atomic E-state index is -0.258. The Balaban J connectivity index is 2.55. The maximum atomic E-state index is 13.3. The summed E-state index contributed by atoms with van der Waals surface area (Å²) in [5.41, 5.74) is 1.29. The summed E-state index contributed by atoms with van der Waals surface area (Å²) in [6.07, 6.45) is 0. The normalized spacial score (nSPS) is 10.1. The molecular formula is C12H7ClF. The van der Waals surface area contributed by atoms with Crippen molar-refractivity contribution in [3.05, 3.63) is 59.4 Å². The Morgan fingerprint density at radius 3 is 2.79 bits per heavy atom. The van der Waals surface area contributed by atoms with Crippen molar-refractivity contribution in [1.29, 1.82) is 0 Å². The summed E-state index contributed by atoms with van der Waals surface area (Å²) in [7, 11) is 0. The summed E-state index contributed by atoms with van der Waals surface area (Å²) >= 11 is 5.81. The Kier molecular flexibility index (Phi) is 2.51. The lowest BCUT2D eigenvalue weighted by atomic mass is 10.1. The van der Waals surface area contributed by atoms with Gasteiger partial charge in [0.2, 0.25) is 0 Å². The van der Waals surface area contributed by atoms with Crippen LogP contribution in [0.3, 0.4) is 0 Å². The van der Waals surface area contributed by atoms with Crippen molar-refractivity contribution in [2.45, 2.75) is 0 Å². The molecule has 0 fully saturated rings. The number of rotatable bonds is 1. The standard InChI is InChI=1S/C12H7ClF/c13-10-5-3-4-9(8-10)11-6-1-2-7-12(11)14/h2-8H. The first-order chi connectivity index (χ1) is 6.77. The van der Waals surface area contributed by atoms with Gasteiger partial charge >= 0.3 is 0 Å². The van der Waals surface area contributed by atoms with Crippen LogP contribution >= 0.6 is 11.6 Å². The van der Waals surface area contributed by atoms with E-state index < -0.39 is 0 Å². The van der Waals surface area contributed by atoms with Gasteiger partial charge in [-0.25, -0.2) is 4.39 Å². The lowest BCUT2D eigenvalue weighted by molar-refractivity contribution is 0.631. The van der Waals surface area contributed by atoms with Gasteiger partial charge in [0.15, 0.2) is 0 Å². The van der Waals surface area contributed by atoms with Crippen LogP contribution in [0.4, 0.5) is 4.39 Å². The van der Waals surface area contributed by atoms with Gasteiger partial charge < -0.3 is 0 Å². The molecule has 0 saturated carbocycles. The molecule has 0 aliphatic rings. The monoisotopic (exact) mass is 205 g/mol. The highest BCUT2D eigenvalue weighted by molar-refractivity contribution is 6.30. The molecule has 0 heterocycles. The first-order valence-corrected chi connectivity index (χ1v) is 4.57. The van der Waals surface area contributed by atoms with Crippen molar-refractivity contribution in [3.63, 3.8) is 0 Å². The minimum Gasteiger partial charge on any atom is -0.206 e. The van der Waals surface area contributed by atoms with Gasteiger partial charge in [0, 0.05) is 10.6 Å². The van der Waals surface area contributed by atoms with Gasteiger partial charge in [-0.1, -0.05) is 29.8 Å². The summed E-state index contributed by atoms with van der Waals surface area (Å²) in [4.78, 5) is 0. The number of benzene rings is 2. The van der Waals surface area contributed by atoms with E-state index in [-0.39, 0.29) is 5.82 Å². The molecule has 0 amide bonds. The van der Waals surface area contributed by atoms with Crippen LogP contribution in [0.1, 0.15) is 0 Å². The van der Waals surface area contributed by atoms with Crippen molar-refractivity contribution in [2.24, 2.45) is 0 Å². The van der Waals surface area contributed by atoms with E-state index in [9.17, 15) is 4.39 Å². The molecule has 0 saturated heterocycles. The third kappa shape index (κ3) is 1.78. The van der Waals surface area contributed by atoms with E-state index in [4.69, 9.17) is 11.6 Å². The molecule has 0 bridgehead atoms. The average Bonchev–Trinajstić information content (AvgIpc) is 2.18. The second-order valence-corrected chi connectivity index (χ2v) is 3.35. The van der Waals surface area contributed by atoms with Gasteiger partial charge in [0.05, 0.1) is 0 Å². The summed E-state index contributed by atoms with van der Waals surface area (Å²) in [5.74, 6) is -0.258. The third-order valence-electron chi connectivity index (χ3n) is 1.95. The summed E-state index contributed by atoms with van der Waals surface area (Å²) in [5, 5.41) is 0.603. The summed E-state index contributed by atoms with van der Waals surface area (Å²) in [6.45, 7) is 0. The predicted octanol–water partition coefficient (Wildman–Crippen LogP) is 3.95. The Hall–Kier alpha value is -1.34. The first kappa shape index (κ1) is 9.22. The topological polar surface area (TPSA) is 0 Å². The molecule has 14 heavy (non-hydrogen) atoms. The smallest absolute Gasteiger partial charge is 0.131 e. The van der Waals surface area contributed by atoms with Crippen LogP contribution in [-0.4, -0.2) is 0 Å². The zero-order valence-electron chi connectivity index (χ0n) is 7.30. The lowest BCUT2D eigenvalue weighted by Crippen LogP contribution is -1.82. The number of hydrogen-bond acceptors (Lipinski definition) is 0. The van der Waals surface area contributed by atoms with E-state index in [1.54, 1.807) is 30.3 Å². The Morgan fingerprint density at radius 2 is 2.07 bits per heavy atom. The molecule has 0 spiro atoms. The van der Waals surface area contributed by atoms with Gasteiger partial charge in [0.25, 0.3) is 0 Å². The van der Waals surface area contributed by atoms with E-state index >= 15 is 0 Å². The quantitative estimate of drug-likeness (QED) is 0.662. The van der Waals surface area contributed by atoms with Crippen LogP contribution in [0.5, 0.6) is 0 Å². The predicted molar refractivity (Wildman–Crippen MR) is 55.7 cm³/mol. The highest BCUT2D eigenvalue weighted by atomic mass is 35.5. The molecule has 0 nitrogen and oxygen atoms in total. The molecule has 0 unspecified atom stereocenters. The second kappa shape index (κ2) is 3.81. The first-order valence-electron chi connectivity index (χ1n) is 4.19. The van der Waals surface area contributed by atoms with Crippen molar-refractivity contribution in [2.75, 3.05) is 0 Å². The van der Waals surface area contributed by atoms with E-state index in [1.165, 1.54) is 6.07 Å². The van der Waals surface area contributed by atoms with Crippen molar-refractivity contribution < 1.29 is 4.39 Å². The van der Waals surface area contributed by atoms with Crippen LogP contribution in [-0.2, 0) is 0 Å². The molecule has 0 N–H and O–H groups in total. The van der Waals surface area contributed by atoms with E-state index in [0.29, 0.717) is 10.6 Å². The molecule has 2 heteroatoms.